The second-order valence-corrected chi connectivity index (χ2v) is 4.42. The molecule has 0 fully saturated rings. The van der Waals surface area contributed by atoms with Crippen LogP contribution in [0, 0.1) is 13.8 Å². The number of nitrogens with zero attached hydrogens (tertiary/aromatic N) is 1. The van der Waals surface area contributed by atoms with Crippen molar-refractivity contribution in [1.82, 2.24) is 9.97 Å². The van der Waals surface area contributed by atoms with Crippen molar-refractivity contribution < 1.29 is 0 Å². The van der Waals surface area contributed by atoms with E-state index in [0.717, 1.165) is 22.4 Å². The summed E-state index contributed by atoms with van der Waals surface area (Å²) in [5, 5.41) is 0. The van der Waals surface area contributed by atoms with Crippen molar-refractivity contribution in [2.24, 2.45) is 0 Å². The maximum Gasteiger partial charge on any atom is 0.138 e. The van der Waals surface area contributed by atoms with Gasteiger partial charge in [-0.15, -0.1) is 0 Å². The van der Waals surface area contributed by atoms with E-state index in [0.29, 0.717) is 0 Å². The molecule has 0 bridgehead atoms. The Labute approximate surface area is 100 Å². The van der Waals surface area contributed by atoms with Crippen LogP contribution in [0.5, 0.6) is 0 Å². The largest absolute Gasteiger partial charge is 0.338 e. The van der Waals surface area contributed by atoms with E-state index in [-0.39, 0.29) is 0 Å². The maximum atomic E-state index is 4.66. The van der Waals surface area contributed by atoms with Crippen molar-refractivity contribution in [3.8, 4) is 11.4 Å². The normalized spacial score (nSPS) is 10.9. The predicted octanol–water partition coefficient (Wildman–Crippen LogP) is 3.85. The summed E-state index contributed by atoms with van der Waals surface area (Å²) in [6.07, 6.45) is 0. The first kappa shape index (κ1) is 10.1. The Bertz CT molecular complexity index is 663. The molecule has 0 radical (unpaired) electrons. The molecule has 0 aliphatic heterocycles. The molecule has 1 N–H and O–H groups in total. The Morgan fingerprint density at radius 1 is 0.941 bits per heavy atom. The van der Waals surface area contributed by atoms with Crippen molar-refractivity contribution in [2.45, 2.75) is 13.8 Å². The number of benzene rings is 2. The van der Waals surface area contributed by atoms with E-state index < -0.39 is 0 Å². The molecule has 2 heteroatoms. The lowest BCUT2D eigenvalue weighted by Crippen LogP contribution is -1.80. The van der Waals surface area contributed by atoms with Gasteiger partial charge in [-0.3, -0.25) is 0 Å². The Morgan fingerprint density at radius 2 is 1.71 bits per heavy atom. The zero-order valence-corrected chi connectivity index (χ0v) is 9.99. The van der Waals surface area contributed by atoms with Gasteiger partial charge in [0.1, 0.15) is 5.82 Å². The van der Waals surface area contributed by atoms with Crippen molar-refractivity contribution in [2.75, 3.05) is 0 Å². The van der Waals surface area contributed by atoms with Crippen molar-refractivity contribution in [3.05, 3.63) is 53.6 Å². The molecular weight excluding hydrogens is 208 g/mol. The Hall–Kier alpha value is -2.09. The number of aromatic amines is 1. The minimum Gasteiger partial charge on any atom is -0.338 e. The number of imidazole rings is 1. The van der Waals surface area contributed by atoms with Crippen LogP contribution in [0.4, 0.5) is 0 Å². The highest BCUT2D eigenvalue weighted by Crippen LogP contribution is 2.22. The first-order valence-corrected chi connectivity index (χ1v) is 5.76. The summed E-state index contributed by atoms with van der Waals surface area (Å²) in [5.74, 6) is 0.939. The topological polar surface area (TPSA) is 28.7 Å². The van der Waals surface area contributed by atoms with E-state index in [1.54, 1.807) is 0 Å². The van der Waals surface area contributed by atoms with Gasteiger partial charge >= 0.3 is 0 Å². The second kappa shape index (κ2) is 3.74. The number of H-pyrrole nitrogens is 1. The van der Waals surface area contributed by atoms with Crippen LogP contribution in [-0.2, 0) is 0 Å². The van der Waals surface area contributed by atoms with E-state index >= 15 is 0 Å². The van der Waals surface area contributed by atoms with Gasteiger partial charge in [-0.1, -0.05) is 42.0 Å². The average molecular weight is 222 g/mol. The fourth-order valence-electron chi connectivity index (χ4n) is 2.02. The van der Waals surface area contributed by atoms with Gasteiger partial charge in [0.15, 0.2) is 0 Å². The Kier molecular flexibility index (Phi) is 2.22. The third-order valence-electron chi connectivity index (χ3n) is 3.04. The minimum atomic E-state index is 0.939. The summed E-state index contributed by atoms with van der Waals surface area (Å²) < 4.78 is 0. The minimum absolute atomic E-state index is 0.939. The smallest absolute Gasteiger partial charge is 0.138 e. The van der Waals surface area contributed by atoms with Gasteiger partial charge in [0.2, 0.25) is 0 Å². The molecule has 0 aliphatic carbocycles. The predicted molar refractivity (Wildman–Crippen MR) is 71.0 cm³/mol. The standard InChI is InChI=1S/C15H14N2/c1-10-6-8-12(9-7-10)15-16-13-5-3-4-11(2)14(13)17-15/h3-9H,1-2H3,(H,16,17). The lowest BCUT2D eigenvalue weighted by molar-refractivity contribution is 1.32. The fraction of sp³-hybridized carbons (Fsp3) is 0.133. The summed E-state index contributed by atoms with van der Waals surface area (Å²) >= 11 is 0. The molecule has 0 spiro atoms. The summed E-state index contributed by atoms with van der Waals surface area (Å²) in [5.41, 5.74) is 5.76. The van der Waals surface area contributed by atoms with Gasteiger partial charge in [-0.2, -0.15) is 0 Å². The van der Waals surface area contributed by atoms with E-state index in [1.165, 1.54) is 11.1 Å². The SMILES string of the molecule is Cc1ccc(-c2nc3c(C)cccc3[nH]2)cc1. The number of nitrogens with one attached hydrogen (secondary N) is 1. The number of fused-ring (bicyclic) bond motifs is 1. The molecule has 2 nitrogen and oxygen atoms in total. The van der Waals surface area contributed by atoms with Crippen LogP contribution in [-0.4, -0.2) is 9.97 Å². The number of hydrogen-bond acceptors (Lipinski definition) is 1. The highest BCUT2D eigenvalue weighted by Gasteiger charge is 2.06. The molecule has 1 aromatic heterocycles. The molecule has 0 saturated carbocycles. The molecular formula is C15H14N2. The molecule has 0 saturated heterocycles. The lowest BCUT2D eigenvalue weighted by atomic mass is 10.1. The van der Waals surface area contributed by atoms with Crippen molar-refractivity contribution >= 4 is 11.0 Å². The fourth-order valence-corrected chi connectivity index (χ4v) is 2.02. The highest BCUT2D eigenvalue weighted by molar-refractivity contribution is 5.82. The second-order valence-electron chi connectivity index (χ2n) is 4.42. The summed E-state index contributed by atoms with van der Waals surface area (Å²) in [4.78, 5) is 8.02. The summed E-state index contributed by atoms with van der Waals surface area (Å²) in [7, 11) is 0. The quantitative estimate of drug-likeness (QED) is 0.665. The molecule has 1 heterocycles. The molecule has 0 atom stereocenters. The van der Waals surface area contributed by atoms with Gasteiger partial charge in [0, 0.05) is 5.56 Å². The van der Waals surface area contributed by atoms with E-state index in [1.807, 2.05) is 0 Å². The number of aryl methyl sites for hydroxylation is 2. The Balaban J connectivity index is 2.18. The molecule has 3 aromatic rings. The van der Waals surface area contributed by atoms with Gasteiger partial charge in [0.25, 0.3) is 0 Å². The lowest BCUT2D eigenvalue weighted by Gasteiger charge is -1.96. The zero-order valence-electron chi connectivity index (χ0n) is 9.99. The van der Waals surface area contributed by atoms with E-state index in [2.05, 4.69) is 66.3 Å². The highest BCUT2D eigenvalue weighted by atomic mass is 14.9. The first-order valence-electron chi connectivity index (χ1n) is 5.76. The van der Waals surface area contributed by atoms with E-state index in [9.17, 15) is 0 Å². The van der Waals surface area contributed by atoms with Crippen LogP contribution in [0.25, 0.3) is 22.4 Å². The molecule has 17 heavy (non-hydrogen) atoms. The number of hydrogen-bond donors (Lipinski definition) is 1. The van der Waals surface area contributed by atoms with Crippen LogP contribution < -0.4 is 0 Å². The molecule has 84 valence electrons. The van der Waals surface area contributed by atoms with Crippen molar-refractivity contribution in [1.29, 1.82) is 0 Å². The molecule has 0 amide bonds. The van der Waals surface area contributed by atoms with Crippen LogP contribution in [0.15, 0.2) is 42.5 Å². The number of rotatable bonds is 1. The summed E-state index contributed by atoms with van der Waals surface area (Å²) in [6.45, 7) is 4.18. The third kappa shape index (κ3) is 1.72. The van der Waals surface area contributed by atoms with Gasteiger partial charge < -0.3 is 4.98 Å². The van der Waals surface area contributed by atoms with Crippen LogP contribution in [0.3, 0.4) is 0 Å². The Morgan fingerprint density at radius 3 is 2.41 bits per heavy atom. The molecule has 0 aliphatic rings. The maximum absolute atomic E-state index is 4.66. The van der Waals surface area contributed by atoms with Gasteiger partial charge in [-0.25, -0.2) is 4.98 Å². The number of para-hydroxylation sites is 1. The molecule has 3 rings (SSSR count). The van der Waals surface area contributed by atoms with E-state index in [4.69, 9.17) is 0 Å². The van der Waals surface area contributed by atoms with Gasteiger partial charge in [0.05, 0.1) is 11.0 Å². The first-order chi connectivity index (χ1) is 8.24. The van der Waals surface area contributed by atoms with Crippen LogP contribution in [0.2, 0.25) is 0 Å². The molecule has 0 unspecified atom stereocenters. The average Bonchev–Trinajstić information content (AvgIpc) is 2.75. The molecule has 2 aromatic carbocycles. The third-order valence-corrected chi connectivity index (χ3v) is 3.04. The summed E-state index contributed by atoms with van der Waals surface area (Å²) in [6, 6.07) is 14.6. The van der Waals surface area contributed by atoms with Crippen LogP contribution in [0.1, 0.15) is 11.1 Å². The monoisotopic (exact) mass is 222 g/mol. The van der Waals surface area contributed by atoms with Gasteiger partial charge in [-0.05, 0) is 25.5 Å². The van der Waals surface area contributed by atoms with Crippen molar-refractivity contribution in [3.63, 3.8) is 0 Å². The number of aromatic nitrogens is 2. The van der Waals surface area contributed by atoms with Crippen LogP contribution >= 0.6 is 0 Å². The zero-order chi connectivity index (χ0) is 11.8.